The van der Waals surface area contributed by atoms with E-state index in [4.69, 9.17) is 4.74 Å². The van der Waals surface area contributed by atoms with Crippen molar-refractivity contribution in [3.05, 3.63) is 18.0 Å². The Morgan fingerprint density at radius 3 is 2.90 bits per heavy atom. The number of ether oxygens (including phenoxy) is 1. The minimum Gasteiger partial charge on any atom is -0.376 e. The number of aromatic nitrogens is 2. The highest BCUT2D eigenvalue weighted by molar-refractivity contribution is 5.92. The fourth-order valence-corrected chi connectivity index (χ4v) is 2.45. The van der Waals surface area contributed by atoms with Crippen molar-refractivity contribution in [2.45, 2.75) is 52.2 Å². The van der Waals surface area contributed by atoms with Crippen LogP contribution in [-0.2, 0) is 4.74 Å². The van der Waals surface area contributed by atoms with Gasteiger partial charge in [0.1, 0.15) is 5.69 Å². The molecular formula is C15H25N3O2. The number of amides is 1. The molecule has 0 unspecified atom stereocenters. The number of rotatable bonds is 5. The van der Waals surface area contributed by atoms with Gasteiger partial charge in [-0.15, -0.1) is 0 Å². The number of likely N-dealkylation sites (N-methyl/N-ethyl adjacent to an activating group) is 1. The number of carbonyl (C=O) groups excluding carboxylic acids is 1. The molecular weight excluding hydrogens is 254 g/mol. The summed E-state index contributed by atoms with van der Waals surface area (Å²) in [5.41, 5.74) is 0.524. The first-order valence-electron chi connectivity index (χ1n) is 7.57. The number of hydrogen-bond acceptors (Lipinski definition) is 3. The van der Waals surface area contributed by atoms with E-state index in [1.807, 2.05) is 22.7 Å². The Labute approximate surface area is 120 Å². The van der Waals surface area contributed by atoms with Crippen LogP contribution in [0.2, 0.25) is 0 Å². The molecule has 0 N–H and O–H groups in total. The molecule has 1 aliphatic heterocycles. The van der Waals surface area contributed by atoms with Crippen LogP contribution >= 0.6 is 0 Å². The molecule has 1 amide bonds. The molecule has 0 spiro atoms. The van der Waals surface area contributed by atoms with Crippen molar-refractivity contribution in [3.63, 3.8) is 0 Å². The van der Waals surface area contributed by atoms with Crippen molar-refractivity contribution in [1.82, 2.24) is 14.7 Å². The van der Waals surface area contributed by atoms with Gasteiger partial charge < -0.3 is 9.64 Å². The van der Waals surface area contributed by atoms with E-state index >= 15 is 0 Å². The normalized spacial score (nSPS) is 19.3. The van der Waals surface area contributed by atoms with E-state index in [2.05, 4.69) is 18.9 Å². The Morgan fingerprint density at radius 1 is 1.55 bits per heavy atom. The maximum Gasteiger partial charge on any atom is 0.274 e. The summed E-state index contributed by atoms with van der Waals surface area (Å²) in [6, 6.07) is 2.07. The molecule has 112 valence electrons. The first kappa shape index (κ1) is 15.0. The fraction of sp³-hybridized carbons (Fsp3) is 0.733. The highest BCUT2D eigenvalue weighted by Crippen LogP contribution is 2.15. The third kappa shape index (κ3) is 3.60. The van der Waals surface area contributed by atoms with Gasteiger partial charge in [0.2, 0.25) is 0 Å². The van der Waals surface area contributed by atoms with E-state index in [1.165, 1.54) is 6.42 Å². The van der Waals surface area contributed by atoms with Crippen molar-refractivity contribution >= 4 is 5.91 Å². The minimum absolute atomic E-state index is 0.000994. The van der Waals surface area contributed by atoms with Crippen LogP contribution in [0.5, 0.6) is 0 Å². The largest absolute Gasteiger partial charge is 0.376 e. The van der Waals surface area contributed by atoms with Gasteiger partial charge in [-0.1, -0.05) is 0 Å². The molecule has 0 aromatic carbocycles. The van der Waals surface area contributed by atoms with Crippen LogP contribution in [0.25, 0.3) is 0 Å². The smallest absolute Gasteiger partial charge is 0.274 e. The summed E-state index contributed by atoms with van der Waals surface area (Å²) in [4.78, 5) is 14.3. The first-order chi connectivity index (χ1) is 9.61. The van der Waals surface area contributed by atoms with Crippen LogP contribution in [0.3, 0.4) is 0 Å². The zero-order valence-electron chi connectivity index (χ0n) is 12.7. The van der Waals surface area contributed by atoms with Gasteiger partial charge in [-0.2, -0.15) is 5.10 Å². The predicted octanol–water partition coefficient (Wildman–Crippen LogP) is 2.50. The topological polar surface area (TPSA) is 47.4 Å². The van der Waals surface area contributed by atoms with Gasteiger partial charge in [-0.05, 0) is 46.1 Å². The van der Waals surface area contributed by atoms with Crippen LogP contribution in [-0.4, -0.2) is 46.4 Å². The second kappa shape index (κ2) is 6.88. The van der Waals surface area contributed by atoms with Gasteiger partial charge in [0.05, 0.1) is 6.10 Å². The summed E-state index contributed by atoms with van der Waals surface area (Å²) in [6.45, 7) is 8.28. The zero-order valence-corrected chi connectivity index (χ0v) is 12.7. The van der Waals surface area contributed by atoms with E-state index in [0.29, 0.717) is 18.8 Å². The molecule has 0 bridgehead atoms. The lowest BCUT2D eigenvalue weighted by Crippen LogP contribution is -2.39. The SMILES string of the molecule is CCN(C[C@@H]1CCCCO1)C(=O)c1ccn(C(C)C)n1. The Kier molecular flexibility index (Phi) is 5.17. The van der Waals surface area contributed by atoms with Gasteiger partial charge in [0.25, 0.3) is 5.91 Å². The molecule has 5 nitrogen and oxygen atoms in total. The van der Waals surface area contributed by atoms with E-state index in [-0.39, 0.29) is 18.1 Å². The lowest BCUT2D eigenvalue weighted by atomic mass is 10.1. The average Bonchev–Trinajstić information content (AvgIpc) is 2.95. The van der Waals surface area contributed by atoms with E-state index in [1.54, 1.807) is 6.07 Å². The molecule has 5 heteroatoms. The molecule has 20 heavy (non-hydrogen) atoms. The monoisotopic (exact) mass is 279 g/mol. The van der Waals surface area contributed by atoms with Crippen molar-refractivity contribution in [1.29, 1.82) is 0 Å². The maximum atomic E-state index is 12.5. The maximum absolute atomic E-state index is 12.5. The lowest BCUT2D eigenvalue weighted by Gasteiger charge is -2.28. The van der Waals surface area contributed by atoms with Crippen molar-refractivity contribution < 1.29 is 9.53 Å². The molecule has 1 aromatic heterocycles. The van der Waals surface area contributed by atoms with Gasteiger partial charge >= 0.3 is 0 Å². The second-order valence-electron chi connectivity index (χ2n) is 5.61. The average molecular weight is 279 g/mol. The van der Waals surface area contributed by atoms with E-state index < -0.39 is 0 Å². The molecule has 2 heterocycles. The molecule has 0 aliphatic carbocycles. The highest BCUT2D eigenvalue weighted by atomic mass is 16.5. The van der Waals surface area contributed by atoms with Crippen molar-refractivity contribution in [3.8, 4) is 0 Å². The minimum atomic E-state index is 0.000994. The molecule has 1 atom stereocenters. The van der Waals surface area contributed by atoms with Crippen LogP contribution < -0.4 is 0 Å². The summed E-state index contributed by atoms with van der Waals surface area (Å²) >= 11 is 0. The van der Waals surface area contributed by atoms with Gasteiger partial charge in [0, 0.05) is 31.9 Å². The Hall–Kier alpha value is -1.36. The molecule has 1 aromatic rings. The Balaban J connectivity index is 1.99. The van der Waals surface area contributed by atoms with E-state index in [0.717, 1.165) is 19.4 Å². The Bertz CT molecular complexity index is 436. The van der Waals surface area contributed by atoms with Crippen LogP contribution in [0.1, 0.15) is 56.6 Å². The summed E-state index contributed by atoms with van der Waals surface area (Å²) in [7, 11) is 0. The third-order valence-electron chi connectivity index (χ3n) is 3.72. The van der Waals surface area contributed by atoms with Crippen LogP contribution in [0.15, 0.2) is 12.3 Å². The van der Waals surface area contributed by atoms with Crippen LogP contribution in [0, 0.1) is 0 Å². The number of carbonyl (C=O) groups is 1. The van der Waals surface area contributed by atoms with Gasteiger partial charge in [-0.3, -0.25) is 9.48 Å². The number of hydrogen-bond donors (Lipinski definition) is 0. The molecule has 0 saturated carbocycles. The lowest BCUT2D eigenvalue weighted by molar-refractivity contribution is -0.00324. The van der Waals surface area contributed by atoms with Crippen molar-refractivity contribution in [2.24, 2.45) is 0 Å². The molecule has 0 radical (unpaired) electrons. The molecule has 2 rings (SSSR count). The highest BCUT2D eigenvalue weighted by Gasteiger charge is 2.22. The first-order valence-corrected chi connectivity index (χ1v) is 7.57. The summed E-state index contributed by atoms with van der Waals surface area (Å²) < 4.78 is 7.54. The molecule has 1 saturated heterocycles. The zero-order chi connectivity index (χ0) is 14.5. The quantitative estimate of drug-likeness (QED) is 0.832. The summed E-state index contributed by atoms with van der Waals surface area (Å²) in [6.07, 6.45) is 5.42. The standard InChI is InChI=1S/C15H25N3O2/c1-4-17(11-13-7-5-6-10-20-13)15(19)14-8-9-18(16-14)12(2)3/h8-9,12-13H,4-7,10-11H2,1-3H3/t13-/m0/s1. The number of nitrogens with zero attached hydrogens (tertiary/aromatic N) is 3. The Morgan fingerprint density at radius 2 is 2.35 bits per heavy atom. The molecule has 1 aliphatic rings. The predicted molar refractivity (Wildman–Crippen MR) is 77.8 cm³/mol. The third-order valence-corrected chi connectivity index (χ3v) is 3.72. The summed E-state index contributed by atoms with van der Waals surface area (Å²) in [5, 5.41) is 4.36. The van der Waals surface area contributed by atoms with Crippen molar-refractivity contribution in [2.75, 3.05) is 19.7 Å². The van der Waals surface area contributed by atoms with Crippen LogP contribution in [0.4, 0.5) is 0 Å². The summed E-state index contributed by atoms with van der Waals surface area (Å²) in [5.74, 6) is 0.000994. The van der Waals surface area contributed by atoms with Gasteiger partial charge in [0.15, 0.2) is 0 Å². The molecule has 1 fully saturated rings. The fourth-order valence-electron chi connectivity index (χ4n) is 2.45. The second-order valence-corrected chi connectivity index (χ2v) is 5.61. The van der Waals surface area contributed by atoms with E-state index in [9.17, 15) is 4.79 Å². The van der Waals surface area contributed by atoms with Gasteiger partial charge in [-0.25, -0.2) is 0 Å².